The van der Waals surface area contributed by atoms with Crippen molar-refractivity contribution in [1.29, 1.82) is 0 Å². The zero-order chi connectivity index (χ0) is 21.9. The Morgan fingerprint density at radius 3 is 2.81 bits per heavy atom. The molecule has 4 aromatic rings. The fourth-order valence-corrected chi connectivity index (χ4v) is 3.76. The summed E-state index contributed by atoms with van der Waals surface area (Å²) in [6.45, 7) is 0.922. The van der Waals surface area contributed by atoms with Gasteiger partial charge >= 0.3 is 6.03 Å². The molecule has 2 aromatic carbocycles. The molecule has 3 heterocycles. The lowest BCUT2D eigenvalue weighted by Crippen LogP contribution is -2.35. The number of aromatic amines is 1. The molecule has 0 unspecified atom stereocenters. The Kier molecular flexibility index (Phi) is 5.38. The topological polar surface area (TPSA) is 131 Å². The number of hydrogen-bond acceptors (Lipinski definition) is 8. The summed E-state index contributed by atoms with van der Waals surface area (Å²) < 4.78 is 16.6. The summed E-state index contributed by atoms with van der Waals surface area (Å²) in [7, 11) is 0. The number of urea groups is 1. The second-order valence-electron chi connectivity index (χ2n) is 6.77. The van der Waals surface area contributed by atoms with Gasteiger partial charge in [0.05, 0.1) is 11.3 Å². The number of H-pyrrole nitrogens is 1. The van der Waals surface area contributed by atoms with Crippen molar-refractivity contribution in [2.24, 2.45) is 0 Å². The normalized spacial score (nSPS) is 12.5. The van der Waals surface area contributed by atoms with Gasteiger partial charge in [-0.05, 0) is 18.2 Å². The predicted molar refractivity (Wildman–Crippen MR) is 117 cm³/mol. The third kappa shape index (κ3) is 4.23. The summed E-state index contributed by atoms with van der Waals surface area (Å²) in [5, 5.41) is 14.1. The molecule has 1 aliphatic heterocycles. The Bertz CT molecular complexity index is 1300. The molecule has 10 nitrogen and oxygen atoms in total. The van der Waals surface area contributed by atoms with E-state index in [0.29, 0.717) is 36.3 Å². The number of rotatable bonds is 5. The number of nitrogens with one attached hydrogen (secondary N) is 3. The van der Waals surface area contributed by atoms with Gasteiger partial charge in [0.2, 0.25) is 5.91 Å². The van der Waals surface area contributed by atoms with Crippen LogP contribution in [-0.4, -0.2) is 46.1 Å². The van der Waals surface area contributed by atoms with E-state index in [4.69, 9.17) is 13.9 Å². The van der Waals surface area contributed by atoms with Crippen LogP contribution in [0.25, 0.3) is 22.4 Å². The molecule has 32 heavy (non-hydrogen) atoms. The van der Waals surface area contributed by atoms with E-state index in [2.05, 4.69) is 25.8 Å². The van der Waals surface area contributed by atoms with Gasteiger partial charge in [0.1, 0.15) is 13.2 Å². The van der Waals surface area contributed by atoms with Crippen molar-refractivity contribution in [1.82, 2.24) is 20.5 Å². The molecule has 2 aromatic heterocycles. The van der Waals surface area contributed by atoms with Crippen molar-refractivity contribution < 1.29 is 23.5 Å². The Hall–Kier alpha value is -3.99. The van der Waals surface area contributed by atoms with E-state index in [9.17, 15) is 9.59 Å². The molecule has 0 atom stereocenters. The highest BCUT2D eigenvalue weighted by Crippen LogP contribution is 2.32. The lowest BCUT2D eigenvalue weighted by atomic mass is 10.2. The number of imide groups is 1. The number of thioether (sulfide) groups is 1. The maximum Gasteiger partial charge on any atom is 0.325 e. The molecule has 0 radical (unpaired) electrons. The number of benzene rings is 2. The monoisotopic (exact) mass is 451 g/mol. The summed E-state index contributed by atoms with van der Waals surface area (Å²) in [6.07, 6.45) is 1.79. The first-order valence-electron chi connectivity index (χ1n) is 9.69. The number of para-hydroxylation sites is 1. The van der Waals surface area contributed by atoms with Crippen LogP contribution in [0.3, 0.4) is 0 Å². The van der Waals surface area contributed by atoms with Crippen LogP contribution in [0.4, 0.5) is 10.5 Å². The average Bonchev–Trinajstić information content (AvgIpc) is 3.44. The molecule has 0 aliphatic carbocycles. The Labute approximate surface area is 185 Å². The third-order valence-corrected chi connectivity index (χ3v) is 5.42. The highest BCUT2D eigenvalue weighted by Gasteiger charge is 2.16. The fraction of sp³-hybridized carbons (Fsp3) is 0.143. The number of nitrogens with zero attached hydrogens (tertiary/aromatic N) is 2. The van der Waals surface area contributed by atoms with Crippen molar-refractivity contribution in [2.45, 2.75) is 5.22 Å². The van der Waals surface area contributed by atoms with Gasteiger partial charge in [-0.1, -0.05) is 30.0 Å². The van der Waals surface area contributed by atoms with Gasteiger partial charge in [0.25, 0.3) is 11.1 Å². The van der Waals surface area contributed by atoms with E-state index in [0.717, 1.165) is 28.2 Å². The molecule has 0 saturated carbocycles. The van der Waals surface area contributed by atoms with Crippen molar-refractivity contribution >= 4 is 40.3 Å². The molecule has 1 aliphatic rings. The first kappa shape index (κ1) is 19.9. The molecule has 0 fully saturated rings. The van der Waals surface area contributed by atoms with E-state index < -0.39 is 11.9 Å². The molecule has 0 saturated heterocycles. The van der Waals surface area contributed by atoms with Crippen LogP contribution in [0.1, 0.15) is 0 Å². The third-order valence-electron chi connectivity index (χ3n) is 4.61. The minimum atomic E-state index is -0.655. The van der Waals surface area contributed by atoms with Gasteiger partial charge in [-0.3, -0.25) is 10.1 Å². The second-order valence-corrected chi connectivity index (χ2v) is 7.70. The Morgan fingerprint density at radius 1 is 1.06 bits per heavy atom. The number of hydrogen-bond donors (Lipinski definition) is 3. The number of ether oxygens (including phenoxy) is 2. The van der Waals surface area contributed by atoms with Gasteiger partial charge in [0.15, 0.2) is 11.5 Å². The van der Waals surface area contributed by atoms with Gasteiger partial charge in [-0.15, -0.1) is 10.2 Å². The van der Waals surface area contributed by atoms with Crippen LogP contribution in [0.5, 0.6) is 11.5 Å². The van der Waals surface area contributed by atoms with Crippen molar-refractivity contribution in [3.05, 3.63) is 48.7 Å². The molecular formula is C21H17N5O5S. The van der Waals surface area contributed by atoms with Crippen LogP contribution in [-0.2, 0) is 4.79 Å². The highest BCUT2D eigenvalue weighted by molar-refractivity contribution is 7.99. The Morgan fingerprint density at radius 2 is 1.91 bits per heavy atom. The van der Waals surface area contributed by atoms with Crippen LogP contribution < -0.4 is 20.1 Å². The van der Waals surface area contributed by atoms with E-state index in [1.54, 1.807) is 24.4 Å². The maximum absolute atomic E-state index is 12.1. The smallest absolute Gasteiger partial charge is 0.325 e. The zero-order valence-corrected chi connectivity index (χ0v) is 17.4. The van der Waals surface area contributed by atoms with Crippen LogP contribution >= 0.6 is 11.8 Å². The van der Waals surface area contributed by atoms with Crippen LogP contribution in [0.15, 0.2) is 58.3 Å². The average molecular weight is 451 g/mol. The summed E-state index contributed by atoms with van der Waals surface area (Å²) in [5.41, 5.74) is 2.22. The molecular weight excluding hydrogens is 434 g/mol. The quantitative estimate of drug-likeness (QED) is 0.393. The molecule has 11 heteroatoms. The number of carbonyl (C=O) groups excluding carboxylic acids is 2. The Balaban J connectivity index is 1.15. The summed E-state index contributed by atoms with van der Waals surface area (Å²) in [6, 6.07) is 12.1. The predicted octanol–water partition coefficient (Wildman–Crippen LogP) is 3.43. The maximum atomic E-state index is 12.1. The fourth-order valence-electron chi connectivity index (χ4n) is 3.20. The van der Waals surface area contributed by atoms with Gasteiger partial charge in [-0.25, -0.2) is 4.79 Å². The van der Waals surface area contributed by atoms with Crippen LogP contribution in [0, 0.1) is 0 Å². The summed E-state index contributed by atoms with van der Waals surface area (Å²) >= 11 is 1.04. The van der Waals surface area contributed by atoms with Gasteiger partial charge in [0, 0.05) is 28.9 Å². The number of amides is 3. The minimum Gasteiger partial charge on any atom is -0.486 e. The molecule has 162 valence electrons. The van der Waals surface area contributed by atoms with E-state index in [-0.39, 0.29) is 11.0 Å². The molecule has 0 bridgehead atoms. The lowest BCUT2D eigenvalue weighted by Gasteiger charge is -2.19. The zero-order valence-electron chi connectivity index (χ0n) is 16.6. The molecule has 0 spiro atoms. The minimum absolute atomic E-state index is 0.0654. The van der Waals surface area contributed by atoms with Crippen molar-refractivity contribution in [2.75, 3.05) is 24.3 Å². The van der Waals surface area contributed by atoms with E-state index in [1.165, 1.54) is 0 Å². The highest BCUT2D eigenvalue weighted by atomic mass is 32.2. The summed E-state index contributed by atoms with van der Waals surface area (Å²) in [5.74, 6) is 0.933. The molecule has 3 N–H and O–H groups in total. The lowest BCUT2D eigenvalue weighted by molar-refractivity contribution is -0.117. The number of anilines is 1. The van der Waals surface area contributed by atoms with E-state index >= 15 is 0 Å². The number of fused-ring (bicyclic) bond motifs is 2. The van der Waals surface area contributed by atoms with Gasteiger partial charge in [-0.2, -0.15) is 0 Å². The SMILES string of the molecule is O=C(CSc1nnc(-c2c[nH]c3ccccc23)o1)NC(=O)Nc1ccc2c(c1)OCCO2. The number of carbonyl (C=O) groups is 2. The number of aromatic nitrogens is 3. The summed E-state index contributed by atoms with van der Waals surface area (Å²) in [4.78, 5) is 27.4. The first-order valence-corrected chi connectivity index (χ1v) is 10.7. The van der Waals surface area contributed by atoms with Crippen molar-refractivity contribution in [3.63, 3.8) is 0 Å². The van der Waals surface area contributed by atoms with Crippen molar-refractivity contribution in [3.8, 4) is 23.0 Å². The molecule has 3 amide bonds. The largest absolute Gasteiger partial charge is 0.486 e. The standard InChI is InChI=1S/C21H17N5O5S/c27-18(24-20(28)23-12-5-6-16-17(9-12)30-8-7-29-16)11-32-21-26-25-19(31-21)14-10-22-15-4-2-1-3-13(14)15/h1-6,9-10,22H,7-8,11H2,(H2,23,24,27,28). The van der Waals surface area contributed by atoms with Crippen LogP contribution in [0.2, 0.25) is 0 Å². The first-order chi connectivity index (χ1) is 15.7. The van der Waals surface area contributed by atoms with E-state index in [1.807, 2.05) is 24.3 Å². The van der Waals surface area contributed by atoms with Gasteiger partial charge < -0.3 is 24.2 Å². The second kappa shape index (κ2) is 8.63. The molecule has 5 rings (SSSR count).